The van der Waals surface area contributed by atoms with E-state index < -0.39 is 5.97 Å². The second kappa shape index (κ2) is 7.15. The third kappa shape index (κ3) is 4.51. The van der Waals surface area contributed by atoms with Crippen LogP contribution < -0.4 is 5.32 Å². The predicted molar refractivity (Wildman–Crippen MR) is 84.2 cm³/mol. The van der Waals surface area contributed by atoms with Crippen LogP contribution >= 0.6 is 23.4 Å². The number of hydrogen-bond donors (Lipinski definition) is 2. The van der Waals surface area contributed by atoms with Gasteiger partial charge in [0.15, 0.2) is 0 Å². The summed E-state index contributed by atoms with van der Waals surface area (Å²) in [5, 5.41) is 11.7. The summed E-state index contributed by atoms with van der Waals surface area (Å²) in [5.41, 5.74) is 0.483. The maximum atomic E-state index is 11.8. The molecular weight excluding hydrogens is 310 g/mol. The predicted octanol–water partition coefficient (Wildman–Crippen LogP) is 3.77. The summed E-state index contributed by atoms with van der Waals surface area (Å²) in [6, 6.07) is 13.8. The molecule has 0 unspecified atom stereocenters. The highest BCUT2D eigenvalue weighted by molar-refractivity contribution is 8.00. The molecule has 0 aromatic heterocycles. The third-order valence-electron chi connectivity index (χ3n) is 2.60. The van der Waals surface area contributed by atoms with Gasteiger partial charge in [-0.2, -0.15) is 0 Å². The maximum Gasteiger partial charge on any atom is 0.335 e. The van der Waals surface area contributed by atoms with Crippen molar-refractivity contribution < 1.29 is 14.7 Å². The molecule has 0 fully saturated rings. The summed E-state index contributed by atoms with van der Waals surface area (Å²) >= 11 is 7.36. The number of amides is 1. The van der Waals surface area contributed by atoms with Gasteiger partial charge in [-0.15, -0.1) is 11.8 Å². The number of halogens is 1. The summed E-state index contributed by atoms with van der Waals surface area (Å²) < 4.78 is 0. The summed E-state index contributed by atoms with van der Waals surface area (Å²) in [7, 11) is 0. The number of anilines is 1. The van der Waals surface area contributed by atoms with Crippen molar-refractivity contribution in [1.82, 2.24) is 0 Å². The molecule has 4 nitrogen and oxygen atoms in total. The highest BCUT2D eigenvalue weighted by Gasteiger charge is 2.10. The minimum absolute atomic E-state index is 0.0802. The zero-order valence-corrected chi connectivity index (χ0v) is 12.4. The number of rotatable bonds is 5. The first-order valence-corrected chi connectivity index (χ1v) is 7.43. The summed E-state index contributed by atoms with van der Waals surface area (Å²) in [4.78, 5) is 23.6. The Kier molecular flexibility index (Phi) is 5.25. The second-order valence-electron chi connectivity index (χ2n) is 4.15. The van der Waals surface area contributed by atoms with Crippen LogP contribution in [0.5, 0.6) is 0 Å². The Bertz CT molecular complexity index is 661. The SMILES string of the molecule is O=C(CSc1ccccc1)Nc1ccc(C(=O)O)cc1Cl. The van der Waals surface area contributed by atoms with E-state index in [0.717, 1.165) is 4.90 Å². The van der Waals surface area contributed by atoms with Gasteiger partial charge in [0.2, 0.25) is 5.91 Å². The van der Waals surface area contributed by atoms with Crippen LogP contribution in [0.3, 0.4) is 0 Å². The fourth-order valence-corrected chi connectivity index (χ4v) is 2.55. The lowest BCUT2D eigenvalue weighted by Gasteiger charge is -2.08. The topological polar surface area (TPSA) is 66.4 Å². The molecule has 2 rings (SSSR count). The van der Waals surface area contributed by atoms with Gasteiger partial charge in [-0.25, -0.2) is 4.79 Å². The molecule has 0 saturated carbocycles. The number of benzene rings is 2. The molecule has 0 aliphatic carbocycles. The van der Waals surface area contributed by atoms with Gasteiger partial charge in [-0.05, 0) is 30.3 Å². The van der Waals surface area contributed by atoms with E-state index in [2.05, 4.69) is 5.32 Å². The van der Waals surface area contributed by atoms with Crippen molar-refractivity contribution in [2.45, 2.75) is 4.90 Å². The zero-order chi connectivity index (χ0) is 15.2. The van der Waals surface area contributed by atoms with Gasteiger partial charge in [0.1, 0.15) is 0 Å². The number of carbonyl (C=O) groups is 2. The van der Waals surface area contributed by atoms with E-state index in [1.165, 1.54) is 30.0 Å². The van der Waals surface area contributed by atoms with Crippen molar-refractivity contribution in [3.8, 4) is 0 Å². The third-order valence-corrected chi connectivity index (χ3v) is 3.93. The number of thioether (sulfide) groups is 1. The van der Waals surface area contributed by atoms with Crippen molar-refractivity contribution >= 4 is 40.9 Å². The van der Waals surface area contributed by atoms with Crippen molar-refractivity contribution in [3.63, 3.8) is 0 Å². The molecule has 0 radical (unpaired) electrons. The van der Waals surface area contributed by atoms with E-state index in [1.807, 2.05) is 30.3 Å². The lowest BCUT2D eigenvalue weighted by Crippen LogP contribution is -2.14. The van der Waals surface area contributed by atoms with Crippen molar-refractivity contribution in [3.05, 3.63) is 59.1 Å². The molecule has 1 amide bonds. The lowest BCUT2D eigenvalue weighted by atomic mass is 10.2. The van der Waals surface area contributed by atoms with Crippen LogP contribution in [0.25, 0.3) is 0 Å². The molecular formula is C15H12ClNO3S. The van der Waals surface area contributed by atoms with E-state index in [-0.39, 0.29) is 22.2 Å². The van der Waals surface area contributed by atoms with Crippen molar-refractivity contribution in [2.24, 2.45) is 0 Å². The molecule has 2 N–H and O–H groups in total. The van der Waals surface area contributed by atoms with Gasteiger partial charge < -0.3 is 10.4 Å². The fraction of sp³-hybridized carbons (Fsp3) is 0.0667. The first-order valence-electron chi connectivity index (χ1n) is 6.07. The molecule has 0 heterocycles. The van der Waals surface area contributed by atoms with E-state index in [9.17, 15) is 9.59 Å². The number of carboxylic acid groups (broad SMARTS) is 1. The maximum absolute atomic E-state index is 11.8. The number of carbonyl (C=O) groups excluding carboxylic acids is 1. The van der Waals surface area contributed by atoms with Crippen molar-refractivity contribution in [2.75, 3.05) is 11.1 Å². The van der Waals surface area contributed by atoms with Gasteiger partial charge in [0.05, 0.1) is 22.0 Å². The Balaban J connectivity index is 1.95. The fourth-order valence-electron chi connectivity index (χ4n) is 1.60. The molecule has 2 aromatic rings. The van der Waals surface area contributed by atoms with Gasteiger partial charge in [0.25, 0.3) is 0 Å². The average Bonchev–Trinajstić information content (AvgIpc) is 2.48. The number of nitrogens with one attached hydrogen (secondary N) is 1. The smallest absolute Gasteiger partial charge is 0.335 e. The van der Waals surface area contributed by atoms with Gasteiger partial charge >= 0.3 is 5.97 Å². The standard InChI is InChI=1S/C15H12ClNO3S/c16-12-8-10(15(19)20)6-7-13(12)17-14(18)9-21-11-4-2-1-3-5-11/h1-8H,9H2,(H,17,18)(H,19,20). The van der Waals surface area contributed by atoms with Crippen LogP contribution in [0.4, 0.5) is 5.69 Å². The monoisotopic (exact) mass is 321 g/mol. The van der Waals surface area contributed by atoms with E-state index in [1.54, 1.807) is 0 Å². The summed E-state index contributed by atoms with van der Waals surface area (Å²) in [6.45, 7) is 0. The van der Waals surface area contributed by atoms with Crippen molar-refractivity contribution in [1.29, 1.82) is 0 Å². The highest BCUT2D eigenvalue weighted by Crippen LogP contribution is 2.24. The Labute approximate surface area is 131 Å². The molecule has 21 heavy (non-hydrogen) atoms. The minimum Gasteiger partial charge on any atom is -0.478 e. The normalized spacial score (nSPS) is 10.1. The Morgan fingerprint density at radius 3 is 2.48 bits per heavy atom. The van der Waals surface area contributed by atoms with Crippen LogP contribution in [-0.4, -0.2) is 22.7 Å². The molecule has 108 valence electrons. The highest BCUT2D eigenvalue weighted by atomic mass is 35.5. The van der Waals surface area contributed by atoms with Crippen LogP contribution in [0.1, 0.15) is 10.4 Å². The number of hydrogen-bond acceptors (Lipinski definition) is 3. The van der Waals surface area contributed by atoms with Crippen LogP contribution in [0.2, 0.25) is 5.02 Å². The lowest BCUT2D eigenvalue weighted by molar-refractivity contribution is -0.113. The minimum atomic E-state index is -1.06. The first kappa shape index (κ1) is 15.4. The van der Waals surface area contributed by atoms with Crippen LogP contribution in [-0.2, 0) is 4.79 Å². The van der Waals surface area contributed by atoms with Gasteiger partial charge in [-0.1, -0.05) is 29.8 Å². The largest absolute Gasteiger partial charge is 0.478 e. The quantitative estimate of drug-likeness (QED) is 0.823. The van der Waals surface area contributed by atoms with Crippen LogP contribution in [0.15, 0.2) is 53.4 Å². The molecule has 6 heteroatoms. The van der Waals surface area contributed by atoms with Gasteiger partial charge in [0, 0.05) is 4.90 Å². The van der Waals surface area contributed by atoms with Crippen LogP contribution in [0, 0.1) is 0 Å². The molecule has 0 atom stereocenters. The summed E-state index contributed by atoms with van der Waals surface area (Å²) in [6.07, 6.45) is 0. The molecule has 2 aromatic carbocycles. The zero-order valence-electron chi connectivity index (χ0n) is 10.9. The second-order valence-corrected chi connectivity index (χ2v) is 5.61. The van der Waals surface area contributed by atoms with E-state index in [4.69, 9.17) is 16.7 Å². The Morgan fingerprint density at radius 2 is 1.86 bits per heavy atom. The molecule has 0 aliphatic rings. The number of aromatic carboxylic acids is 1. The Morgan fingerprint density at radius 1 is 1.14 bits per heavy atom. The summed E-state index contributed by atoms with van der Waals surface area (Å²) in [5.74, 6) is -1.01. The average molecular weight is 322 g/mol. The molecule has 0 bridgehead atoms. The molecule has 0 aliphatic heterocycles. The number of carboxylic acids is 1. The van der Waals surface area contributed by atoms with Gasteiger partial charge in [-0.3, -0.25) is 4.79 Å². The molecule has 0 spiro atoms. The first-order chi connectivity index (χ1) is 10.1. The van der Waals surface area contributed by atoms with E-state index in [0.29, 0.717) is 5.69 Å². The molecule has 0 saturated heterocycles. The Hall–Kier alpha value is -1.98. The van der Waals surface area contributed by atoms with E-state index >= 15 is 0 Å².